The van der Waals surface area contributed by atoms with Crippen LogP contribution in [0.5, 0.6) is 5.75 Å². The van der Waals surface area contributed by atoms with Crippen LogP contribution >= 0.6 is 11.6 Å². The molecule has 0 aliphatic heterocycles. The van der Waals surface area contributed by atoms with Crippen molar-refractivity contribution in [2.45, 2.75) is 27.2 Å². The summed E-state index contributed by atoms with van der Waals surface area (Å²) in [6.45, 7) is 9.99. The lowest BCUT2D eigenvalue weighted by molar-refractivity contribution is 0.407. The second-order valence-corrected chi connectivity index (χ2v) is 4.61. The molecule has 0 aliphatic carbocycles. The monoisotopic (exact) mass is 238 g/mol. The first-order chi connectivity index (χ1) is 7.51. The van der Waals surface area contributed by atoms with Crippen LogP contribution in [-0.4, -0.2) is 7.11 Å². The van der Waals surface area contributed by atoms with E-state index in [1.165, 1.54) is 5.56 Å². The van der Waals surface area contributed by atoms with Gasteiger partial charge in [0.25, 0.3) is 0 Å². The summed E-state index contributed by atoms with van der Waals surface area (Å²) >= 11 is 6.26. The third-order valence-electron chi connectivity index (χ3n) is 2.92. The lowest BCUT2D eigenvalue weighted by Crippen LogP contribution is -2.03. The summed E-state index contributed by atoms with van der Waals surface area (Å²) in [5.74, 6) is 1.35. The van der Waals surface area contributed by atoms with E-state index in [1.807, 2.05) is 26.0 Å². The van der Waals surface area contributed by atoms with Gasteiger partial charge in [0.05, 0.1) is 7.11 Å². The molecule has 0 amide bonds. The second-order valence-electron chi connectivity index (χ2n) is 4.23. The Morgan fingerprint density at radius 3 is 2.62 bits per heavy atom. The van der Waals surface area contributed by atoms with Crippen molar-refractivity contribution in [1.82, 2.24) is 0 Å². The topological polar surface area (TPSA) is 9.23 Å². The van der Waals surface area contributed by atoms with E-state index < -0.39 is 0 Å². The van der Waals surface area contributed by atoms with E-state index in [-0.39, 0.29) is 0 Å². The molecule has 0 aromatic heterocycles. The average molecular weight is 239 g/mol. The molecule has 1 rings (SSSR count). The van der Waals surface area contributed by atoms with Gasteiger partial charge in [-0.25, -0.2) is 0 Å². The Labute approximate surface area is 103 Å². The van der Waals surface area contributed by atoms with E-state index in [0.29, 0.717) is 5.92 Å². The lowest BCUT2D eigenvalue weighted by Gasteiger charge is -2.16. The maximum absolute atomic E-state index is 6.26. The fourth-order valence-corrected chi connectivity index (χ4v) is 1.97. The van der Waals surface area contributed by atoms with Crippen LogP contribution in [0.1, 0.15) is 23.6 Å². The summed E-state index contributed by atoms with van der Waals surface area (Å²) in [4.78, 5) is 0. The molecular weight excluding hydrogens is 220 g/mol. The van der Waals surface area contributed by atoms with Crippen LogP contribution in [0.25, 0.3) is 0 Å². The molecule has 88 valence electrons. The van der Waals surface area contributed by atoms with E-state index in [0.717, 1.165) is 28.3 Å². The minimum atomic E-state index is 0.423. The standard InChI is InChI=1S/C14H19ClO/c1-6-9(2)7-12-11(4)14(15)10(3)8-13(12)16-5/h6,8-9H,1,7H2,2-5H3. The van der Waals surface area contributed by atoms with Gasteiger partial charge in [-0.15, -0.1) is 6.58 Å². The molecule has 1 atom stereocenters. The first-order valence-corrected chi connectivity index (χ1v) is 5.84. The molecule has 0 aliphatic rings. The predicted octanol–water partition coefficient (Wildman–Crippen LogP) is 4.33. The molecule has 0 saturated carbocycles. The molecule has 2 heteroatoms. The van der Waals surface area contributed by atoms with Crippen LogP contribution in [-0.2, 0) is 6.42 Å². The number of rotatable bonds is 4. The molecular formula is C14H19ClO. The van der Waals surface area contributed by atoms with Gasteiger partial charge in [-0.05, 0) is 48.9 Å². The number of methoxy groups -OCH3 is 1. The maximum atomic E-state index is 6.26. The number of halogens is 1. The molecule has 0 heterocycles. The molecule has 0 fully saturated rings. The molecule has 1 aromatic rings. The smallest absolute Gasteiger partial charge is 0.122 e. The van der Waals surface area contributed by atoms with Gasteiger partial charge >= 0.3 is 0 Å². The van der Waals surface area contributed by atoms with Crippen LogP contribution < -0.4 is 4.74 Å². The van der Waals surface area contributed by atoms with Crippen LogP contribution in [0.2, 0.25) is 5.02 Å². The predicted molar refractivity (Wildman–Crippen MR) is 70.5 cm³/mol. The van der Waals surface area contributed by atoms with Crippen molar-refractivity contribution >= 4 is 11.6 Å². The Morgan fingerprint density at radius 1 is 1.50 bits per heavy atom. The van der Waals surface area contributed by atoms with Gasteiger partial charge < -0.3 is 4.74 Å². The van der Waals surface area contributed by atoms with Gasteiger partial charge in [-0.2, -0.15) is 0 Å². The summed E-state index contributed by atoms with van der Waals surface area (Å²) < 4.78 is 5.41. The number of aryl methyl sites for hydroxylation is 1. The Morgan fingerprint density at radius 2 is 2.12 bits per heavy atom. The maximum Gasteiger partial charge on any atom is 0.122 e. The normalized spacial score (nSPS) is 12.3. The summed E-state index contributed by atoms with van der Waals surface area (Å²) in [5, 5.41) is 0.840. The van der Waals surface area contributed by atoms with E-state index in [9.17, 15) is 0 Å². The molecule has 0 spiro atoms. The SMILES string of the molecule is C=CC(C)Cc1c(OC)cc(C)c(Cl)c1C. The Bertz CT molecular complexity index is 396. The highest BCUT2D eigenvalue weighted by atomic mass is 35.5. The average Bonchev–Trinajstić information content (AvgIpc) is 2.29. The minimum absolute atomic E-state index is 0.423. The van der Waals surface area contributed by atoms with Crippen molar-refractivity contribution in [3.8, 4) is 5.75 Å². The Hall–Kier alpha value is -0.950. The van der Waals surface area contributed by atoms with Crippen molar-refractivity contribution in [2.24, 2.45) is 5.92 Å². The second kappa shape index (κ2) is 5.40. The highest BCUT2D eigenvalue weighted by Gasteiger charge is 2.13. The number of hydrogen-bond acceptors (Lipinski definition) is 1. The fourth-order valence-electron chi connectivity index (χ4n) is 1.80. The third kappa shape index (κ3) is 2.59. The van der Waals surface area contributed by atoms with Crippen LogP contribution in [0.15, 0.2) is 18.7 Å². The molecule has 1 unspecified atom stereocenters. The molecule has 0 bridgehead atoms. The molecule has 16 heavy (non-hydrogen) atoms. The quantitative estimate of drug-likeness (QED) is 0.710. The van der Waals surface area contributed by atoms with Crippen molar-refractivity contribution in [2.75, 3.05) is 7.11 Å². The number of benzene rings is 1. The largest absolute Gasteiger partial charge is 0.496 e. The van der Waals surface area contributed by atoms with Crippen LogP contribution in [0.3, 0.4) is 0 Å². The van der Waals surface area contributed by atoms with Crippen molar-refractivity contribution in [1.29, 1.82) is 0 Å². The van der Waals surface area contributed by atoms with Gasteiger partial charge in [0.15, 0.2) is 0 Å². The zero-order valence-corrected chi connectivity index (χ0v) is 11.2. The first kappa shape index (κ1) is 13.1. The van der Waals surface area contributed by atoms with Gasteiger partial charge in [0.1, 0.15) is 5.75 Å². The molecule has 0 radical (unpaired) electrons. The van der Waals surface area contributed by atoms with E-state index in [2.05, 4.69) is 13.5 Å². The summed E-state index contributed by atoms with van der Waals surface area (Å²) in [5.41, 5.74) is 3.36. The summed E-state index contributed by atoms with van der Waals surface area (Å²) in [7, 11) is 1.70. The summed E-state index contributed by atoms with van der Waals surface area (Å²) in [6, 6.07) is 2.00. The van der Waals surface area contributed by atoms with Crippen LogP contribution in [0.4, 0.5) is 0 Å². The van der Waals surface area contributed by atoms with E-state index in [1.54, 1.807) is 7.11 Å². The van der Waals surface area contributed by atoms with Gasteiger partial charge in [0.2, 0.25) is 0 Å². The molecule has 1 aromatic carbocycles. The zero-order valence-electron chi connectivity index (χ0n) is 10.4. The van der Waals surface area contributed by atoms with Crippen molar-refractivity contribution in [3.05, 3.63) is 40.4 Å². The van der Waals surface area contributed by atoms with Crippen LogP contribution in [0, 0.1) is 19.8 Å². The first-order valence-electron chi connectivity index (χ1n) is 5.46. The zero-order chi connectivity index (χ0) is 12.3. The molecule has 1 nitrogen and oxygen atoms in total. The van der Waals surface area contributed by atoms with Gasteiger partial charge in [-0.3, -0.25) is 0 Å². The van der Waals surface area contributed by atoms with Crippen molar-refractivity contribution < 1.29 is 4.74 Å². The highest BCUT2D eigenvalue weighted by molar-refractivity contribution is 6.32. The number of allylic oxidation sites excluding steroid dienone is 1. The van der Waals surface area contributed by atoms with E-state index in [4.69, 9.17) is 16.3 Å². The molecule has 0 saturated heterocycles. The number of ether oxygens (including phenoxy) is 1. The highest BCUT2D eigenvalue weighted by Crippen LogP contribution is 2.33. The Kier molecular flexibility index (Phi) is 4.43. The van der Waals surface area contributed by atoms with Gasteiger partial charge in [0, 0.05) is 5.02 Å². The lowest BCUT2D eigenvalue weighted by atomic mass is 9.95. The summed E-state index contributed by atoms with van der Waals surface area (Å²) in [6.07, 6.45) is 2.87. The molecule has 0 N–H and O–H groups in total. The third-order valence-corrected chi connectivity index (χ3v) is 3.50. The minimum Gasteiger partial charge on any atom is -0.496 e. The van der Waals surface area contributed by atoms with Gasteiger partial charge in [-0.1, -0.05) is 24.6 Å². The Balaban J connectivity index is 3.24. The van der Waals surface area contributed by atoms with Crippen molar-refractivity contribution in [3.63, 3.8) is 0 Å². The number of hydrogen-bond donors (Lipinski definition) is 0. The van der Waals surface area contributed by atoms with E-state index >= 15 is 0 Å². The fraction of sp³-hybridized carbons (Fsp3) is 0.429.